The molecular formula is C14H13N3. The van der Waals surface area contributed by atoms with Gasteiger partial charge in [0.1, 0.15) is 0 Å². The highest BCUT2D eigenvalue weighted by atomic mass is 15.6. The van der Waals surface area contributed by atoms with Gasteiger partial charge in [-0.1, -0.05) is 36.4 Å². The highest BCUT2D eigenvalue weighted by Crippen LogP contribution is 2.25. The van der Waals surface area contributed by atoms with Crippen LogP contribution in [0.25, 0.3) is 10.8 Å². The first-order valence-electron chi connectivity index (χ1n) is 5.58. The Morgan fingerprint density at radius 1 is 1.00 bits per heavy atom. The van der Waals surface area contributed by atoms with Gasteiger partial charge in [0, 0.05) is 18.6 Å². The van der Waals surface area contributed by atoms with Crippen molar-refractivity contribution in [1.29, 1.82) is 0 Å². The van der Waals surface area contributed by atoms with Crippen molar-refractivity contribution in [2.45, 2.75) is 0 Å². The molecule has 0 aliphatic heterocycles. The number of fused-ring (bicyclic) bond motifs is 1. The summed E-state index contributed by atoms with van der Waals surface area (Å²) < 4.78 is 0. The van der Waals surface area contributed by atoms with Gasteiger partial charge in [-0.3, -0.25) is 5.01 Å². The lowest BCUT2D eigenvalue weighted by Crippen LogP contribution is -2.24. The van der Waals surface area contributed by atoms with E-state index >= 15 is 0 Å². The quantitative estimate of drug-likeness (QED) is 0.666. The normalized spacial score (nSPS) is 10.6. The lowest BCUT2D eigenvalue weighted by atomic mass is 10.1. The van der Waals surface area contributed by atoms with Crippen LogP contribution in [-0.2, 0) is 0 Å². The van der Waals surface area contributed by atoms with Crippen molar-refractivity contribution >= 4 is 16.5 Å². The Kier molecular flexibility index (Phi) is 2.29. The Labute approximate surface area is 99.9 Å². The zero-order valence-corrected chi connectivity index (χ0v) is 9.62. The summed E-state index contributed by atoms with van der Waals surface area (Å²) in [6.45, 7) is 0. The maximum absolute atomic E-state index is 4.24. The lowest BCUT2D eigenvalue weighted by molar-refractivity contribution is 0.673. The van der Waals surface area contributed by atoms with E-state index in [0.29, 0.717) is 0 Å². The third-order valence-electron chi connectivity index (χ3n) is 2.91. The van der Waals surface area contributed by atoms with Gasteiger partial charge in [0.2, 0.25) is 0 Å². The number of aromatic nitrogens is 2. The van der Waals surface area contributed by atoms with E-state index in [1.165, 1.54) is 10.8 Å². The van der Waals surface area contributed by atoms with Gasteiger partial charge < -0.3 is 0 Å². The Balaban J connectivity index is 2.17. The van der Waals surface area contributed by atoms with Crippen molar-refractivity contribution in [3.8, 4) is 0 Å². The number of anilines is 1. The minimum absolute atomic E-state index is 1.15. The molecule has 0 fully saturated rings. The van der Waals surface area contributed by atoms with Gasteiger partial charge in [-0.2, -0.15) is 9.89 Å². The van der Waals surface area contributed by atoms with E-state index in [1.807, 2.05) is 29.1 Å². The molecule has 3 heteroatoms. The van der Waals surface area contributed by atoms with Crippen LogP contribution in [0.2, 0.25) is 0 Å². The molecule has 0 saturated heterocycles. The van der Waals surface area contributed by atoms with Gasteiger partial charge in [0.15, 0.2) is 0 Å². The molecule has 0 aliphatic rings. The Bertz CT molecular complexity index is 624. The summed E-state index contributed by atoms with van der Waals surface area (Å²) >= 11 is 0. The van der Waals surface area contributed by atoms with Crippen LogP contribution >= 0.6 is 0 Å². The summed E-state index contributed by atoms with van der Waals surface area (Å²) in [5, 5.41) is 8.74. The van der Waals surface area contributed by atoms with Crippen molar-refractivity contribution in [2.24, 2.45) is 0 Å². The summed E-state index contributed by atoms with van der Waals surface area (Å²) in [5.74, 6) is 0. The molecule has 0 atom stereocenters. The van der Waals surface area contributed by atoms with Crippen LogP contribution in [0.1, 0.15) is 0 Å². The zero-order chi connectivity index (χ0) is 11.7. The fourth-order valence-electron chi connectivity index (χ4n) is 2.04. The van der Waals surface area contributed by atoms with Crippen LogP contribution in [-0.4, -0.2) is 16.9 Å². The van der Waals surface area contributed by atoms with Gasteiger partial charge in [0.05, 0.1) is 11.9 Å². The molecule has 3 rings (SSSR count). The molecule has 0 spiro atoms. The Hall–Kier alpha value is -2.29. The molecule has 0 saturated carbocycles. The van der Waals surface area contributed by atoms with E-state index in [2.05, 4.69) is 47.6 Å². The first kappa shape index (κ1) is 9.90. The van der Waals surface area contributed by atoms with Gasteiger partial charge in [-0.15, -0.1) is 0 Å². The number of nitrogens with zero attached hydrogens (tertiary/aromatic N) is 3. The Morgan fingerprint density at radius 2 is 1.82 bits per heavy atom. The molecular weight excluding hydrogens is 210 g/mol. The largest absolute Gasteiger partial charge is 0.268 e. The molecule has 2 aromatic carbocycles. The summed E-state index contributed by atoms with van der Waals surface area (Å²) in [6, 6.07) is 16.6. The number of benzene rings is 2. The van der Waals surface area contributed by atoms with E-state index < -0.39 is 0 Å². The summed E-state index contributed by atoms with van der Waals surface area (Å²) in [4.78, 5) is 1.82. The van der Waals surface area contributed by atoms with Crippen molar-refractivity contribution in [3.63, 3.8) is 0 Å². The lowest BCUT2D eigenvalue weighted by Gasteiger charge is -2.20. The van der Waals surface area contributed by atoms with Crippen LogP contribution < -0.4 is 5.01 Å². The summed E-state index contributed by atoms with van der Waals surface area (Å²) in [6.07, 6.45) is 3.71. The van der Waals surface area contributed by atoms with Crippen molar-refractivity contribution in [2.75, 3.05) is 12.1 Å². The third-order valence-corrected chi connectivity index (χ3v) is 2.91. The number of hydrogen-bond donors (Lipinski definition) is 0. The molecule has 1 heterocycles. The van der Waals surface area contributed by atoms with Gasteiger partial charge in [-0.25, -0.2) is 0 Å². The average Bonchev–Trinajstić information content (AvgIpc) is 2.91. The van der Waals surface area contributed by atoms with E-state index in [0.717, 1.165) is 5.69 Å². The van der Waals surface area contributed by atoms with Gasteiger partial charge >= 0.3 is 0 Å². The van der Waals surface area contributed by atoms with E-state index in [1.54, 1.807) is 6.20 Å². The van der Waals surface area contributed by atoms with Crippen LogP contribution in [0, 0.1) is 0 Å². The maximum Gasteiger partial charge on any atom is 0.0668 e. The SMILES string of the molecule is CN(c1cccc2ccccc12)n1cccn1. The minimum Gasteiger partial charge on any atom is -0.268 e. The molecule has 0 N–H and O–H groups in total. The number of hydrogen-bond acceptors (Lipinski definition) is 2. The summed E-state index contributed by atoms with van der Waals surface area (Å²) in [5.41, 5.74) is 1.15. The van der Waals surface area contributed by atoms with Crippen LogP contribution in [0.15, 0.2) is 60.9 Å². The maximum atomic E-state index is 4.24. The topological polar surface area (TPSA) is 21.1 Å². The predicted octanol–water partition coefficient (Wildman–Crippen LogP) is 2.94. The molecule has 3 aromatic rings. The predicted molar refractivity (Wildman–Crippen MR) is 70.0 cm³/mol. The number of rotatable bonds is 2. The zero-order valence-electron chi connectivity index (χ0n) is 9.62. The Morgan fingerprint density at radius 3 is 2.65 bits per heavy atom. The van der Waals surface area contributed by atoms with Gasteiger partial charge in [0.25, 0.3) is 0 Å². The molecule has 0 bridgehead atoms. The third kappa shape index (κ3) is 1.65. The molecule has 0 radical (unpaired) electrons. The average molecular weight is 223 g/mol. The smallest absolute Gasteiger partial charge is 0.0668 e. The van der Waals surface area contributed by atoms with Crippen LogP contribution in [0.3, 0.4) is 0 Å². The summed E-state index contributed by atoms with van der Waals surface area (Å²) in [7, 11) is 2.01. The second kappa shape index (κ2) is 3.94. The fourth-order valence-corrected chi connectivity index (χ4v) is 2.04. The fraction of sp³-hybridized carbons (Fsp3) is 0.0714. The second-order valence-corrected chi connectivity index (χ2v) is 3.95. The van der Waals surface area contributed by atoms with Crippen molar-refractivity contribution in [3.05, 3.63) is 60.9 Å². The van der Waals surface area contributed by atoms with Crippen molar-refractivity contribution < 1.29 is 0 Å². The standard InChI is InChI=1S/C14H13N3/c1-16(17-11-5-10-15-17)14-9-4-7-12-6-2-3-8-13(12)14/h2-11H,1H3. The van der Waals surface area contributed by atoms with E-state index in [4.69, 9.17) is 0 Å². The first-order chi connectivity index (χ1) is 8.36. The van der Waals surface area contributed by atoms with Gasteiger partial charge in [-0.05, 0) is 17.5 Å². The minimum atomic E-state index is 1.15. The second-order valence-electron chi connectivity index (χ2n) is 3.95. The van der Waals surface area contributed by atoms with Crippen LogP contribution in [0.4, 0.5) is 5.69 Å². The van der Waals surface area contributed by atoms with E-state index in [-0.39, 0.29) is 0 Å². The first-order valence-corrected chi connectivity index (χ1v) is 5.58. The van der Waals surface area contributed by atoms with Crippen LogP contribution in [0.5, 0.6) is 0 Å². The molecule has 84 valence electrons. The van der Waals surface area contributed by atoms with Crippen molar-refractivity contribution in [1.82, 2.24) is 9.89 Å². The molecule has 17 heavy (non-hydrogen) atoms. The monoisotopic (exact) mass is 223 g/mol. The highest BCUT2D eigenvalue weighted by molar-refractivity contribution is 5.94. The molecule has 0 aliphatic carbocycles. The molecule has 1 aromatic heterocycles. The molecule has 3 nitrogen and oxygen atoms in total. The molecule has 0 unspecified atom stereocenters. The molecule has 0 amide bonds. The van der Waals surface area contributed by atoms with E-state index in [9.17, 15) is 0 Å². The highest BCUT2D eigenvalue weighted by Gasteiger charge is 2.06.